The fourth-order valence-corrected chi connectivity index (χ4v) is 5.50. The van der Waals surface area contributed by atoms with Crippen LogP contribution in [0, 0.1) is 13.8 Å². The lowest BCUT2D eigenvalue weighted by Crippen LogP contribution is -2.42. The van der Waals surface area contributed by atoms with Crippen LogP contribution in [0.3, 0.4) is 0 Å². The summed E-state index contributed by atoms with van der Waals surface area (Å²) in [5.41, 5.74) is 3.33. The molecule has 0 aromatic heterocycles. The first-order valence-electron chi connectivity index (χ1n) is 9.69. The second kappa shape index (κ2) is 8.05. The lowest BCUT2D eigenvalue weighted by molar-refractivity contribution is 0.0992. The first kappa shape index (κ1) is 20.6. The van der Waals surface area contributed by atoms with Crippen LogP contribution in [0.5, 0.6) is 0 Å². The standard InChI is InChI=1S/C22H28N2O3S/c1-16-9-7-13-21(18(16)3)23(4)22(25)19-11-8-12-20(15-19)28(26,27)24-14-6-5-10-17(24)2/h7-9,11-13,15,17H,5-6,10,14H2,1-4H3. The van der Waals surface area contributed by atoms with E-state index in [9.17, 15) is 13.2 Å². The number of piperidine rings is 1. The van der Waals surface area contributed by atoms with Crippen LogP contribution >= 0.6 is 0 Å². The van der Waals surface area contributed by atoms with Crippen LogP contribution in [0.4, 0.5) is 5.69 Å². The Balaban J connectivity index is 1.92. The largest absolute Gasteiger partial charge is 0.311 e. The van der Waals surface area contributed by atoms with Gasteiger partial charge in [-0.05, 0) is 69.0 Å². The molecule has 1 aliphatic rings. The molecule has 150 valence electrons. The minimum Gasteiger partial charge on any atom is -0.311 e. The normalized spacial score (nSPS) is 18.1. The number of nitrogens with zero attached hydrogens (tertiary/aromatic N) is 2. The van der Waals surface area contributed by atoms with E-state index in [2.05, 4.69) is 0 Å². The van der Waals surface area contributed by atoms with Gasteiger partial charge in [-0.25, -0.2) is 8.42 Å². The van der Waals surface area contributed by atoms with Gasteiger partial charge in [0.2, 0.25) is 10.0 Å². The number of anilines is 1. The van der Waals surface area contributed by atoms with Crippen molar-refractivity contribution in [2.75, 3.05) is 18.5 Å². The summed E-state index contributed by atoms with van der Waals surface area (Å²) in [6.45, 7) is 6.46. The Labute approximate surface area is 168 Å². The van der Waals surface area contributed by atoms with Crippen LogP contribution in [0.25, 0.3) is 0 Å². The SMILES string of the molecule is Cc1cccc(N(C)C(=O)c2cccc(S(=O)(=O)N3CCCCC3C)c2)c1C. The minimum absolute atomic E-state index is 0.0178. The number of rotatable bonds is 4. The summed E-state index contributed by atoms with van der Waals surface area (Å²) in [5.74, 6) is -0.225. The maximum Gasteiger partial charge on any atom is 0.258 e. The summed E-state index contributed by atoms with van der Waals surface area (Å²) in [4.78, 5) is 14.8. The van der Waals surface area contributed by atoms with E-state index in [4.69, 9.17) is 0 Å². The second-order valence-electron chi connectivity index (χ2n) is 7.57. The van der Waals surface area contributed by atoms with Crippen LogP contribution in [-0.4, -0.2) is 38.3 Å². The first-order chi connectivity index (χ1) is 13.2. The average Bonchev–Trinajstić information content (AvgIpc) is 2.69. The van der Waals surface area contributed by atoms with Gasteiger partial charge in [-0.15, -0.1) is 0 Å². The maximum absolute atomic E-state index is 13.1. The van der Waals surface area contributed by atoms with E-state index < -0.39 is 10.0 Å². The van der Waals surface area contributed by atoms with Crippen LogP contribution < -0.4 is 4.90 Å². The lowest BCUT2D eigenvalue weighted by Gasteiger charge is -2.32. The molecule has 3 rings (SSSR count). The Morgan fingerprint density at radius 3 is 2.54 bits per heavy atom. The van der Waals surface area contributed by atoms with Gasteiger partial charge in [-0.1, -0.05) is 24.6 Å². The number of sulfonamides is 1. The Hall–Kier alpha value is -2.18. The van der Waals surface area contributed by atoms with Crippen LogP contribution in [0.1, 0.15) is 47.7 Å². The van der Waals surface area contributed by atoms with Gasteiger partial charge in [-0.2, -0.15) is 4.31 Å². The number of carbonyl (C=O) groups is 1. The van der Waals surface area contributed by atoms with Gasteiger partial charge in [0.1, 0.15) is 0 Å². The van der Waals surface area contributed by atoms with Gasteiger partial charge < -0.3 is 4.90 Å². The molecule has 1 aliphatic heterocycles. The molecule has 0 N–H and O–H groups in total. The first-order valence-corrected chi connectivity index (χ1v) is 11.1. The monoisotopic (exact) mass is 400 g/mol. The average molecular weight is 401 g/mol. The second-order valence-corrected chi connectivity index (χ2v) is 9.46. The molecule has 6 heteroatoms. The quantitative estimate of drug-likeness (QED) is 0.775. The third-order valence-corrected chi connectivity index (χ3v) is 7.68. The van der Waals surface area contributed by atoms with Gasteiger partial charge in [0.15, 0.2) is 0 Å². The highest BCUT2D eigenvalue weighted by Crippen LogP contribution is 2.27. The lowest BCUT2D eigenvalue weighted by atomic mass is 10.1. The molecule has 2 aromatic carbocycles. The van der Waals surface area contributed by atoms with Crippen molar-refractivity contribution in [1.29, 1.82) is 0 Å². The number of amides is 1. The Morgan fingerprint density at radius 2 is 1.82 bits per heavy atom. The molecule has 0 aliphatic carbocycles. The minimum atomic E-state index is -3.61. The molecule has 1 heterocycles. The summed E-state index contributed by atoms with van der Waals surface area (Å²) >= 11 is 0. The van der Waals surface area contributed by atoms with E-state index >= 15 is 0 Å². The third-order valence-electron chi connectivity index (χ3n) is 5.67. The summed E-state index contributed by atoms with van der Waals surface area (Å²) in [7, 11) is -1.89. The summed E-state index contributed by atoms with van der Waals surface area (Å²) in [6.07, 6.45) is 2.79. The number of aryl methyl sites for hydroxylation is 1. The van der Waals surface area contributed by atoms with E-state index in [1.807, 2.05) is 39.0 Å². The van der Waals surface area contributed by atoms with Crippen molar-refractivity contribution in [3.63, 3.8) is 0 Å². The van der Waals surface area contributed by atoms with Crippen molar-refractivity contribution in [3.05, 3.63) is 59.2 Å². The Bertz CT molecular complexity index is 985. The number of benzene rings is 2. The fraction of sp³-hybridized carbons (Fsp3) is 0.409. The molecule has 2 aromatic rings. The van der Waals surface area contributed by atoms with Crippen molar-refractivity contribution < 1.29 is 13.2 Å². The molecule has 0 radical (unpaired) electrons. The fourth-order valence-electron chi connectivity index (χ4n) is 3.76. The number of hydrogen-bond donors (Lipinski definition) is 0. The molecule has 1 amide bonds. The Kier molecular flexibility index (Phi) is 5.91. The molecule has 5 nitrogen and oxygen atoms in total. The van der Waals surface area contributed by atoms with Crippen molar-refractivity contribution in [2.45, 2.75) is 51.0 Å². The topological polar surface area (TPSA) is 57.7 Å². The highest BCUT2D eigenvalue weighted by molar-refractivity contribution is 7.89. The van der Waals surface area contributed by atoms with Gasteiger partial charge in [0.05, 0.1) is 4.90 Å². The molecule has 0 spiro atoms. The molecule has 28 heavy (non-hydrogen) atoms. The molecule has 1 atom stereocenters. The van der Waals surface area contributed by atoms with E-state index in [-0.39, 0.29) is 16.8 Å². The molecule has 1 saturated heterocycles. The molecular weight excluding hydrogens is 372 g/mol. The molecule has 1 unspecified atom stereocenters. The zero-order chi connectivity index (χ0) is 20.5. The van der Waals surface area contributed by atoms with Gasteiger partial charge >= 0.3 is 0 Å². The summed E-state index contributed by atoms with van der Waals surface area (Å²) in [5, 5.41) is 0. The van der Waals surface area contributed by atoms with E-state index in [1.165, 1.54) is 6.07 Å². The Morgan fingerprint density at radius 1 is 1.11 bits per heavy atom. The van der Waals surface area contributed by atoms with E-state index in [1.54, 1.807) is 34.5 Å². The molecule has 0 saturated carbocycles. The van der Waals surface area contributed by atoms with Crippen molar-refractivity contribution in [2.24, 2.45) is 0 Å². The van der Waals surface area contributed by atoms with Crippen LogP contribution in [0.15, 0.2) is 47.4 Å². The maximum atomic E-state index is 13.1. The van der Waals surface area contributed by atoms with Crippen molar-refractivity contribution in [3.8, 4) is 0 Å². The smallest absolute Gasteiger partial charge is 0.258 e. The number of hydrogen-bond acceptors (Lipinski definition) is 3. The molecular formula is C22H28N2O3S. The predicted octanol–water partition coefficient (Wildman–Crippen LogP) is 4.14. The van der Waals surface area contributed by atoms with Gasteiger partial charge in [0.25, 0.3) is 5.91 Å². The van der Waals surface area contributed by atoms with Crippen molar-refractivity contribution in [1.82, 2.24) is 4.31 Å². The van der Waals surface area contributed by atoms with Crippen LogP contribution in [-0.2, 0) is 10.0 Å². The van der Waals surface area contributed by atoms with Crippen LogP contribution in [0.2, 0.25) is 0 Å². The third kappa shape index (κ3) is 3.84. The van der Waals surface area contributed by atoms with Gasteiger partial charge in [-0.3, -0.25) is 4.79 Å². The van der Waals surface area contributed by atoms with Gasteiger partial charge in [0, 0.05) is 30.9 Å². The molecule has 0 bridgehead atoms. The summed E-state index contributed by atoms with van der Waals surface area (Å²) in [6, 6.07) is 12.2. The van der Waals surface area contributed by atoms with E-state index in [0.717, 1.165) is 36.1 Å². The highest BCUT2D eigenvalue weighted by Gasteiger charge is 2.31. The van der Waals surface area contributed by atoms with E-state index in [0.29, 0.717) is 12.1 Å². The zero-order valence-corrected chi connectivity index (χ0v) is 17.8. The number of carbonyl (C=O) groups excluding carboxylic acids is 1. The van der Waals surface area contributed by atoms with Crippen molar-refractivity contribution >= 4 is 21.6 Å². The zero-order valence-electron chi connectivity index (χ0n) is 17.0. The summed E-state index contributed by atoms with van der Waals surface area (Å²) < 4.78 is 27.8. The highest BCUT2D eigenvalue weighted by atomic mass is 32.2. The molecule has 1 fully saturated rings. The predicted molar refractivity (Wildman–Crippen MR) is 112 cm³/mol.